The van der Waals surface area contributed by atoms with E-state index in [-0.39, 0.29) is 0 Å². The van der Waals surface area contributed by atoms with Gasteiger partial charge in [-0.15, -0.1) is 0 Å². The molecular formula is C19H28N4O4. The fourth-order valence-corrected chi connectivity index (χ4v) is 2.59. The number of carbonyl (C=O) groups excluding carboxylic acids is 3. The van der Waals surface area contributed by atoms with E-state index >= 15 is 0 Å². The Morgan fingerprint density at radius 2 is 2.04 bits per heavy atom. The zero-order valence-corrected chi connectivity index (χ0v) is 16.2. The first-order chi connectivity index (χ1) is 12.9. The number of nitrogens with zero attached hydrogens (tertiary/aromatic N) is 2. The van der Waals surface area contributed by atoms with Gasteiger partial charge in [-0.1, -0.05) is 6.07 Å². The van der Waals surface area contributed by atoms with Crippen molar-refractivity contribution in [3.8, 4) is 0 Å². The van der Waals surface area contributed by atoms with Crippen molar-refractivity contribution in [1.82, 2.24) is 10.2 Å². The van der Waals surface area contributed by atoms with Gasteiger partial charge in [0.1, 0.15) is 6.61 Å². The van der Waals surface area contributed by atoms with Crippen LogP contribution in [-0.2, 0) is 14.3 Å². The van der Waals surface area contributed by atoms with Crippen LogP contribution >= 0.6 is 0 Å². The molecule has 0 aromatic heterocycles. The van der Waals surface area contributed by atoms with Crippen molar-refractivity contribution in [3.63, 3.8) is 0 Å². The number of hydrogen-bond donors (Lipinski definition) is 2. The van der Waals surface area contributed by atoms with Gasteiger partial charge in [-0.05, 0) is 58.5 Å². The number of carbonyl (C=O) groups is 3. The van der Waals surface area contributed by atoms with Crippen LogP contribution in [0.2, 0.25) is 0 Å². The molecule has 1 aliphatic heterocycles. The molecule has 8 nitrogen and oxygen atoms in total. The average molecular weight is 376 g/mol. The molecule has 2 N–H and O–H groups in total. The normalized spacial score (nSPS) is 13.8. The fraction of sp³-hybridized carbons (Fsp3) is 0.526. The average Bonchev–Trinajstić information content (AvgIpc) is 3.07. The minimum absolute atomic E-state index is 0.338. The smallest absolute Gasteiger partial charge is 0.414 e. The molecule has 0 unspecified atom stereocenters. The second-order valence-electron chi connectivity index (χ2n) is 6.81. The molecule has 148 valence electrons. The maximum Gasteiger partial charge on any atom is 0.414 e. The Bertz CT molecular complexity index is 677. The molecule has 8 heteroatoms. The summed E-state index contributed by atoms with van der Waals surface area (Å²) >= 11 is 0. The van der Waals surface area contributed by atoms with Gasteiger partial charge in [0.05, 0.1) is 6.54 Å². The van der Waals surface area contributed by atoms with Crippen molar-refractivity contribution in [2.24, 2.45) is 0 Å². The maximum absolute atomic E-state index is 12.0. The molecule has 0 bridgehead atoms. The number of amides is 3. The van der Waals surface area contributed by atoms with Gasteiger partial charge < -0.3 is 20.3 Å². The third-order valence-electron chi connectivity index (χ3n) is 4.49. The molecule has 3 amide bonds. The summed E-state index contributed by atoms with van der Waals surface area (Å²) in [7, 11) is 2.06. The summed E-state index contributed by atoms with van der Waals surface area (Å²) in [5.74, 6) is -1.39. The molecule has 1 saturated heterocycles. The van der Waals surface area contributed by atoms with E-state index in [4.69, 9.17) is 4.74 Å². The summed E-state index contributed by atoms with van der Waals surface area (Å²) in [6.45, 7) is 6.47. The molecule has 0 saturated carbocycles. The van der Waals surface area contributed by atoms with E-state index in [1.165, 1.54) is 4.90 Å². The summed E-state index contributed by atoms with van der Waals surface area (Å²) in [6, 6.07) is 7.25. The van der Waals surface area contributed by atoms with Gasteiger partial charge in [0.2, 0.25) is 0 Å². The standard InChI is InChI=1S/C19H28N4O4/c1-14(2)22(3)10-5-4-9-20-17(24)18(25)21-15-7-6-8-16(13-15)23-11-12-27-19(23)26/h6-8,13-14H,4-5,9-12H2,1-3H3,(H,20,24)(H,21,25). The molecule has 1 aliphatic rings. The van der Waals surface area contributed by atoms with E-state index in [1.54, 1.807) is 24.3 Å². The highest BCUT2D eigenvalue weighted by Gasteiger charge is 2.24. The number of rotatable bonds is 8. The van der Waals surface area contributed by atoms with Crippen LogP contribution in [0.15, 0.2) is 24.3 Å². The van der Waals surface area contributed by atoms with Gasteiger partial charge in [-0.2, -0.15) is 0 Å². The Morgan fingerprint density at radius 3 is 2.70 bits per heavy atom. The largest absolute Gasteiger partial charge is 0.447 e. The van der Waals surface area contributed by atoms with Gasteiger partial charge in [0, 0.05) is 24.0 Å². The van der Waals surface area contributed by atoms with E-state index in [9.17, 15) is 14.4 Å². The van der Waals surface area contributed by atoms with Crippen molar-refractivity contribution in [1.29, 1.82) is 0 Å². The lowest BCUT2D eigenvalue weighted by molar-refractivity contribution is -0.136. The summed E-state index contributed by atoms with van der Waals surface area (Å²) < 4.78 is 4.90. The van der Waals surface area contributed by atoms with Crippen LogP contribution in [0.5, 0.6) is 0 Å². The Labute approximate surface area is 159 Å². The van der Waals surface area contributed by atoms with Crippen LogP contribution < -0.4 is 15.5 Å². The number of benzene rings is 1. The molecule has 1 aromatic rings. The van der Waals surface area contributed by atoms with Gasteiger partial charge in [0.15, 0.2) is 0 Å². The topological polar surface area (TPSA) is 91.0 Å². The highest BCUT2D eigenvalue weighted by molar-refractivity contribution is 6.39. The first-order valence-corrected chi connectivity index (χ1v) is 9.22. The summed E-state index contributed by atoms with van der Waals surface area (Å²) in [5, 5.41) is 5.18. The van der Waals surface area contributed by atoms with Gasteiger partial charge in [-0.3, -0.25) is 14.5 Å². The third kappa shape index (κ3) is 6.25. The lowest BCUT2D eigenvalue weighted by atomic mass is 10.2. The molecule has 1 fully saturated rings. The summed E-state index contributed by atoms with van der Waals surface area (Å²) in [6.07, 6.45) is 1.34. The number of hydrogen-bond acceptors (Lipinski definition) is 5. The number of anilines is 2. The second-order valence-corrected chi connectivity index (χ2v) is 6.81. The molecule has 2 rings (SSSR count). The van der Waals surface area contributed by atoms with Crippen molar-refractivity contribution >= 4 is 29.3 Å². The maximum atomic E-state index is 12.0. The first kappa shape index (κ1) is 20.7. The van der Waals surface area contributed by atoms with Crippen LogP contribution in [0.4, 0.5) is 16.2 Å². The molecule has 0 aliphatic carbocycles. The SMILES string of the molecule is CC(C)N(C)CCCCNC(=O)C(=O)Nc1cccc(N2CCOC2=O)c1. The minimum Gasteiger partial charge on any atom is -0.447 e. The van der Waals surface area contributed by atoms with E-state index in [1.807, 2.05) is 0 Å². The Morgan fingerprint density at radius 1 is 1.26 bits per heavy atom. The first-order valence-electron chi connectivity index (χ1n) is 9.22. The number of nitrogens with one attached hydrogen (secondary N) is 2. The van der Waals surface area contributed by atoms with Crippen molar-refractivity contribution < 1.29 is 19.1 Å². The fourth-order valence-electron chi connectivity index (χ4n) is 2.59. The zero-order valence-electron chi connectivity index (χ0n) is 16.2. The van der Waals surface area contributed by atoms with E-state index in [2.05, 4.69) is 36.4 Å². The molecule has 0 spiro atoms. The van der Waals surface area contributed by atoms with E-state index < -0.39 is 17.9 Å². The molecular weight excluding hydrogens is 348 g/mol. The lowest BCUT2D eigenvalue weighted by Gasteiger charge is -2.20. The van der Waals surface area contributed by atoms with Crippen molar-refractivity contribution in [2.45, 2.75) is 32.7 Å². The number of ether oxygens (including phenoxy) is 1. The monoisotopic (exact) mass is 376 g/mol. The number of cyclic esters (lactones) is 1. The Hall–Kier alpha value is -2.61. The molecule has 1 aromatic carbocycles. The van der Waals surface area contributed by atoms with Crippen LogP contribution in [0.25, 0.3) is 0 Å². The number of unbranched alkanes of at least 4 members (excludes halogenated alkanes) is 1. The highest BCUT2D eigenvalue weighted by atomic mass is 16.6. The summed E-state index contributed by atoms with van der Waals surface area (Å²) in [5.41, 5.74) is 1.07. The predicted molar refractivity (Wildman–Crippen MR) is 104 cm³/mol. The quantitative estimate of drug-likeness (QED) is 0.533. The Kier molecular flexibility index (Phi) is 7.60. The van der Waals surface area contributed by atoms with Gasteiger partial charge in [0.25, 0.3) is 0 Å². The molecule has 27 heavy (non-hydrogen) atoms. The van der Waals surface area contributed by atoms with Crippen molar-refractivity contribution in [3.05, 3.63) is 24.3 Å². The van der Waals surface area contributed by atoms with E-state index in [0.717, 1.165) is 19.4 Å². The van der Waals surface area contributed by atoms with Crippen LogP contribution in [-0.4, -0.2) is 62.1 Å². The van der Waals surface area contributed by atoms with E-state index in [0.29, 0.717) is 37.1 Å². The minimum atomic E-state index is -0.726. The zero-order chi connectivity index (χ0) is 19.8. The summed E-state index contributed by atoms with van der Waals surface area (Å²) in [4.78, 5) is 39.3. The van der Waals surface area contributed by atoms with Crippen molar-refractivity contribution in [2.75, 3.05) is 43.5 Å². The lowest BCUT2D eigenvalue weighted by Crippen LogP contribution is -2.36. The molecule has 0 atom stereocenters. The van der Waals surface area contributed by atoms with Gasteiger partial charge >= 0.3 is 17.9 Å². The van der Waals surface area contributed by atoms with Crippen LogP contribution in [0, 0.1) is 0 Å². The predicted octanol–water partition coefficient (Wildman–Crippen LogP) is 1.82. The highest BCUT2D eigenvalue weighted by Crippen LogP contribution is 2.22. The Balaban J connectivity index is 1.76. The third-order valence-corrected chi connectivity index (χ3v) is 4.49. The molecule has 0 radical (unpaired) electrons. The van der Waals surface area contributed by atoms with Crippen LogP contribution in [0.1, 0.15) is 26.7 Å². The van der Waals surface area contributed by atoms with Gasteiger partial charge in [-0.25, -0.2) is 4.79 Å². The second kappa shape index (κ2) is 9.91. The molecule has 1 heterocycles. The van der Waals surface area contributed by atoms with Crippen LogP contribution in [0.3, 0.4) is 0 Å².